The average Bonchev–Trinajstić information content (AvgIpc) is 2.77. The number of carbonyl (C=O) groups is 1. The topological polar surface area (TPSA) is 78.8 Å². The number of nitrogens with one attached hydrogen (secondary N) is 1. The van der Waals surface area contributed by atoms with Crippen LogP contribution in [0.15, 0.2) is 82.8 Å². The summed E-state index contributed by atoms with van der Waals surface area (Å²) in [4.78, 5) is 12.6. The lowest BCUT2D eigenvalue weighted by molar-refractivity contribution is -0.121. The Morgan fingerprint density at radius 1 is 0.906 bits per heavy atom. The number of hydrogen-bond donors (Lipinski definition) is 1. The van der Waals surface area contributed by atoms with Crippen molar-refractivity contribution in [2.24, 2.45) is 5.10 Å². The highest BCUT2D eigenvalue weighted by Crippen LogP contribution is 2.22. The number of amides is 1. The summed E-state index contributed by atoms with van der Waals surface area (Å²) in [6.07, 6.45) is 1.30. The van der Waals surface area contributed by atoms with E-state index < -0.39 is 22.5 Å². The maximum Gasteiger partial charge on any atom is 0.255 e. The molecule has 0 fully saturated rings. The highest BCUT2D eigenvalue weighted by molar-refractivity contribution is 7.89. The maximum atomic E-state index is 13.2. The van der Waals surface area contributed by atoms with E-state index in [2.05, 4.69) is 10.5 Å². The lowest BCUT2D eigenvalue weighted by Gasteiger charge is -2.21. The molecule has 0 spiro atoms. The van der Waals surface area contributed by atoms with E-state index in [0.29, 0.717) is 26.2 Å². The van der Waals surface area contributed by atoms with E-state index in [4.69, 9.17) is 34.8 Å². The van der Waals surface area contributed by atoms with Crippen molar-refractivity contribution < 1.29 is 13.2 Å². The van der Waals surface area contributed by atoms with Gasteiger partial charge in [-0.25, -0.2) is 13.8 Å². The molecule has 1 amide bonds. The molecule has 0 saturated heterocycles. The zero-order valence-electron chi connectivity index (χ0n) is 16.6. The molecule has 0 radical (unpaired) electrons. The maximum absolute atomic E-state index is 13.2. The summed E-state index contributed by atoms with van der Waals surface area (Å²) in [5.41, 5.74) is 3.43. The number of halogens is 3. The summed E-state index contributed by atoms with van der Waals surface area (Å²) in [6.45, 7) is -0.477. The molecule has 0 aromatic heterocycles. The van der Waals surface area contributed by atoms with E-state index in [0.717, 1.165) is 4.31 Å². The molecule has 0 aliphatic heterocycles. The van der Waals surface area contributed by atoms with Crippen LogP contribution in [-0.4, -0.2) is 31.4 Å². The zero-order chi connectivity index (χ0) is 23.1. The second-order valence-corrected chi connectivity index (χ2v) is 9.83. The van der Waals surface area contributed by atoms with Crippen LogP contribution in [0.2, 0.25) is 15.1 Å². The molecule has 0 bridgehead atoms. The molecular formula is C22H18Cl3N3O3S. The Bertz CT molecular complexity index is 1200. The summed E-state index contributed by atoms with van der Waals surface area (Å²) in [5.74, 6) is -0.627. The second kappa shape index (κ2) is 10.9. The van der Waals surface area contributed by atoms with Crippen LogP contribution in [0.5, 0.6) is 0 Å². The highest BCUT2D eigenvalue weighted by atomic mass is 35.5. The van der Waals surface area contributed by atoms with E-state index in [9.17, 15) is 13.2 Å². The SMILES string of the molecule is O=C(CN(Cc1ccc(Cl)cc1)S(=O)(=O)c1ccccc1)N/N=C\c1c(Cl)cccc1Cl. The first-order chi connectivity index (χ1) is 15.3. The van der Waals surface area contributed by atoms with Crippen molar-refractivity contribution >= 4 is 56.9 Å². The third-order valence-electron chi connectivity index (χ3n) is 4.36. The van der Waals surface area contributed by atoms with E-state index in [1.807, 2.05) is 0 Å². The van der Waals surface area contributed by atoms with Gasteiger partial charge in [0.25, 0.3) is 5.91 Å². The summed E-state index contributed by atoms with van der Waals surface area (Å²) in [6, 6.07) is 19.6. The van der Waals surface area contributed by atoms with Gasteiger partial charge in [0.2, 0.25) is 10.0 Å². The van der Waals surface area contributed by atoms with Crippen molar-refractivity contribution in [2.45, 2.75) is 11.4 Å². The van der Waals surface area contributed by atoms with Gasteiger partial charge in [0.05, 0.1) is 27.7 Å². The number of nitrogens with zero attached hydrogens (tertiary/aromatic N) is 2. The van der Waals surface area contributed by atoms with E-state index in [1.54, 1.807) is 60.7 Å². The Hall–Kier alpha value is -2.42. The first-order valence-electron chi connectivity index (χ1n) is 9.33. The number of hydrogen-bond acceptors (Lipinski definition) is 4. The number of sulfonamides is 1. The summed E-state index contributed by atoms with van der Waals surface area (Å²) in [5, 5.41) is 5.12. The normalized spacial score (nSPS) is 11.8. The smallest absolute Gasteiger partial charge is 0.255 e. The van der Waals surface area contributed by atoms with Gasteiger partial charge in [-0.2, -0.15) is 9.41 Å². The Morgan fingerprint density at radius 2 is 1.53 bits per heavy atom. The molecule has 3 aromatic carbocycles. The summed E-state index contributed by atoms with van der Waals surface area (Å²) in [7, 11) is -3.95. The van der Waals surface area contributed by atoms with Gasteiger partial charge in [0.1, 0.15) is 0 Å². The fraction of sp³-hybridized carbons (Fsp3) is 0.0909. The molecule has 32 heavy (non-hydrogen) atoms. The Kier molecular flexibility index (Phi) is 8.28. The Balaban J connectivity index is 1.79. The number of carbonyl (C=O) groups excluding carboxylic acids is 1. The molecule has 3 aromatic rings. The van der Waals surface area contributed by atoms with Crippen LogP contribution < -0.4 is 5.43 Å². The molecule has 0 heterocycles. The van der Waals surface area contributed by atoms with Gasteiger partial charge in [-0.3, -0.25) is 4.79 Å². The van der Waals surface area contributed by atoms with Gasteiger partial charge in [0.15, 0.2) is 0 Å². The highest BCUT2D eigenvalue weighted by Gasteiger charge is 2.26. The fourth-order valence-corrected chi connectivity index (χ4v) is 4.79. The Morgan fingerprint density at radius 3 is 2.16 bits per heavy atom. The van der Waals surface area contributed by atoms with Crippen molar-refractivity contribution in [2.75, 3.05) is 6.54 Å². The summed E-state index contributed by atoms with van der Waals surface area (Å²) < 4.78 is 27.4. The zero-order valence-corrected chi connectivity index (χ0v) is 19.7. The molecular weight excluding hydrogens is 493 g/mol. The molecule has 0 aliphatic rings. The van der Waals surface area contributed by atoms with E-state index in [-0.39, 0.29) is 11.4 Å². The standard InChI is InChI=1S/C22H18Cl3N3O3S/c23-17-11-9-16(10-12-17)14-28(32(30,31)18-5-2-1-3-6-18)15-22(29)27-26-13-19-20(24)7-4-8-21(19)25/h1-13H,14-15H2,(H,27,29)/b26-13-. The van der Waals surface area contributed by atoms with Gasteiger partial charge in [-0.15, -0.1) is 0 Å². The van der Waals surface area contributed by atoms with Crippen LogP contribution in [0.1, 0.15) is 11.1 Å². The molecule has 6 nitrogen and oxygen atoms in total. The van der Waals surface area contributed by atoms with Crippen LogP contribution >= 0.6 is 34.8 Å². The van der Waals surface area contributed by atoms with Gasteiger partial charge in [0, 0.05) is 17.1 Å². The van der Waals surface area contributed by atoms with Crippen LogP contribution in [0.3, 0.4) is 0 Å². The predicted molar refractivity (Wildman–Crippen MR) is 128 cm³/mol. The summed E-state index contributed by atoms with van der Waals surface area (Å²) >= 11 is 18.1. The molecule has 0 unspecified atom stereocenters. The van der Waals surface area contributed by atoms with Gasteiger partial charge in [-0.1, -0.05) is 71.2 Å². The molecule has 1 N–H and O–H groups in total. The first kappa shape index (κ1) is 24.2. The molecule has 3 rings (SSSR count). The minimum Gasteiger partial charge on any atom is -0.272 e. The van der Waals surface area contributed by atoms with Crippen LogP contribution in [0, 0.1) is 0 Å². The molecule has 10 heteroatoms. The molecule has 0 aliphatic carbocycles. The Labute approximate surface area is 201 Å². The minimum absolute atomic E-state index is 0.0259. The minimum atomic E-state index is -3.95. The van der Waals surface area contributed by atoms with Crippen molar-refractivity contribution in [3.05, 3.63) is 99.0 Å². The van der Waals surface area contributed by atoms with Crippen molar-refractivity contribution in [1.82, 2.24) is 9.73 Å². The first-order valence-corrected chi connectivity index (χ1v) is 11.9. The van der Waals surface area contributed by atoms with E-state index in [1.165, 1.54) is 18.3 Å². The third-order valence-corrected chi connectivity index (χ3v) is 7.07. The lowest BCUT2D eigenvalue weighted by atomic mass is 10.2. The fourth-order valence-electron chi connectivity index (χ4n) is 2.76. The number of benzene rings is 3. The largest absolute Gasteiger partial charge is 0.272 e. The monoisotopic (exact) mass is 509 g/mol. The van der Waals surface area contributed by atoms with Gasteiger partial charge in [-0.05, 0) is 42.0 Å². The number of hydrazone groups is 1. The van der Waals surface area contributed by atoms with Gasteiger partial charge < -0.3 is 0 Å². The lowest BCUT2D eigenvalue weighted by Crippen LogP contribution is -2.39. The molecule has 0 saturated carbocycles. The van der Waals surface area contributed by atoms with E-state index >= 15 is 0 Å². The average molecular weight is 511 g/mol. The number of rotatable bonds is 8. The predicted octanol–water partition coefficient (Wildman–Crippen LogP) is 4.99. The van der Waals surface area contributed by atoms with Gasteiger partial charge >= 0.3 is 0 Å². The van der Waals surface area contributed by atoms with Crippen molar-refractivity contribution in [3.63, 3.8) is 0 Å². The second-order valence-electron chi connectivity index (χ2n) is 6.64. The molecule has 0 atom stereocenters. The van der Waals surface area contributed by atoms with Crippen LogP contribution in [0.25, 0.3) is 0 Å². The van der Waals surface area contributed by atoms with Crippen LogP contribution in [0.4, 0.5) is 0 Å². The van der Waals surface area contributed by atoms with Crippen molar-refractivity contribution in [1.29, 1.82) is 0 Å². The quantitative estimate of drug-likeness (QED) is 0.343. The third kappa shape index (κ3) is 6.31. The molecule has 166 valence electrons. The van der Waals surface area contributed by atoms with Crippen molar-refractivity contribution in [3.8, 4) is 0 Å². The van der Waals surface area contributed by atoms with Crippen LogP contribution in [-0.2, 0) is 21.4 Å².